The molecule has 4 rings (SSSR count). The van der Waals surface area contributed by atoms with Gasteiger partial charge in [0.25, 0.3) is 0 Å². The summed E-state index contributed by atoms with van der Waals surface area (Å²) < 4.78 is 0. The average molecular weight is 320 g/mol. The van der Waals surface area contributed by atoms with Gasteiger partial charge in [-0.05, 0) is 6.92 Å². The molecular formula is C14H16N4O3S. The van der Waals surface area contributed by atoms with E-state index in [9.17, 15) is 14.4 Å². The maximum atomic E-state index is 12.5. The van der Waals surface area contributed by atoms with Gasteiger partial charge in [-0.2, -0.15) is 0 Å². The molecule has 3 fully saturated rings. The van der Waals surface area contributed by atoms with Crippen molar-refractivity contribution < 1.29 is 14.4 Å². The highest BCUT2D eigenvalue weighted by molar-refractivity contribution is 7.09. The Labute approximate surface area is 131 Å². The van der Waals surface area contributed by atoms with Gasteiger partial charge in [-0.3, -0.25) is 14.4 Å². The Hall–Kier alpha value is -1.96. The molecule has 22 heavy (non-hydrogen) atoms. The molecule has 3 amide bonds. The quantitative estimate of drug-likeness (QED) is 0.736. The molecule has 0 saturated carbocycles. The number of thiazole rings is 1. The van der Waals surface area contributed by atoms with Gasteiger partial charge in [-0.1, -0.05) is 0 Å². The molecule has 8 heteroatoms. The monoisotopic (exact) mass is 320 g/mol. The predicted octanol–water partition coefficient (Wildman–Crippen LogP) is -0.931. The Bertz CT molecular complexity index is 670. The zero-order valence-electron chi connectivity index (χ0n) is 12.1. The van der Waals surface area contributed by atoms with Crippen molar-refractivity contribution in [1.29, 1.82) is 0 Å². The van der Waals surface area contributed by atoms with Crippen molar-refractivity contribution in [3.8, 4) is 0 Å². The lowest BCUT2D eigenvalue weighted by Crippen LogP contribution is -2.43. The van der Waals surface area contributed by atoms with Gasteiger partial charge in [0.15, 0.2) is 0 Å². The van der Waals surface area contributed by atoms with Crippen molar-refractivity contribution in [2.45, 2.75) is 13.3 Å². The third-order valence-corrected chi connectivity index (χ3v) is 5.98. The Balaban J connectivity index is 1.58. The van der Waals surface area contributed by atoms with E-state index in [-0.39, 0.29) is 24.1 Å². The SMILES string of the molecule is Cc1nc(CC(=O)N2C[C@]34CNC(=O)[C@]3(CNC4=O)C2)cs1. The number of likely N-dealkylation sites (tertiary alicyclic amines) is 1. The number of nitrogens with zero attached hydrogens (tertiary/aromatic N) is 2. The van der Waals surface area contributed by atoms with E-state index in [4.69, 9.17) is 0 Å². The molecule has 2 atom stereocenters. The highest BCUT2D eigenvalue weighted by Crippen LogP contribution is 2.52. The molecule has 0 spiro atoms. The lowest BCUT2D eigenvalue weighted by molar-refractivity contribution is -0.132. The number of hydrogen-bond donors (Lipinski definition) is 2. The summed E-state index contributed by atoms with van der Waals surface area (Å²) in [5, 5.41) is 8.40. The summed E-state index contributed by atoms with van der Waals surface area (Å²) in [6, 6.07) is 0. The van der Waals surface area contributed by atoms with Crippen LogP contribution >= 0.6 is 11.3 Å². The number of carbonyl (C=O) groups excluding carboxylic acids is 3. The van der Waals surface area contributed by atoms with Crippen molar-refractivity contribution in [3.63, 3.8) is 0 Å². The molecule has 3 aliphatic rings. The van der Waals surface area contributed by atoms with Gasteiger partial charge < -0.3 is 15.5 Å². The second kappa shape index (κ2) is 4.28. The molecular weight excluding hydrogens is 304 g/mol. The fourth-order valence-electron chi connectivity index (χ4n) is 3.93. The zero-order valence-corrected chi connectivity index (χ0v) is 13.0. The van der Waals surface area contributed by atoms with Gasteiger partial charge >= 0.3 is 0 Å². The number of nitrogens with one attached hydrogen (secondary N) is 2. The Morgan fingerprint density at radius 2 is 1.86 bits per heavy atom. The number of amides is 3. The summed E-state index contributed by atoms with van der Waals surface area (Å²) in [5.41, 5.74) is -0.839. The largest absolute Gasteiger partial charge is 0.354 e. The van der Waals surface area contributed by atoms with E-state index in [0.29, 0.717) is 26.2 Å². The Morgan fingerprint density at radius 3 is 2.36 bits per heavy atom. The van der Waals surface area contributed by atoms with Gasteiger partial charge in [-0.25, -0.2) is 4.98 Å². The standard InChI is InChI=1S/C14H16N4O3S/c1-8-17-9(3-22-8)2-10(19)18-6-13-4-15-12(21)14(13,7-18)5-16-11(13)20/h3H,2,4-7H2,1H3,(H,15,21)(H,16,20)/t13-,14-/m0/s1. The van der Waals surface area contributed by atoms with Crippen LogP contribution in [0.15, 0.2) is 5.38 Å². The molecule has 3 aliphatic heterocycles. The first-order chi connectivity index (χ1) is 10.5. The van der Waals surface area contributed by atoms with Crippen LogP contribution in [0, 0.1) is 17.8 Å². The van der Waals surface area contributed by atoms with Gasteiger partial charge in [0.2, 0.25) is 17.7 Å². The van der Waals surface area contributed by atoms with Gasteiger partial charge in [0.05, 0.1) is 17.1 Å². The highest BCUT2D eigenvalue weighted by atomic mass is 32.1. The summed E-state index contributed by atoms with van der Waals surface area (Å²) in [7, 11) is 0. The van der Waals surface area contributed by atoms with E-state index in [0.717, 1.165) is 10.7 Å². The van der Waals surface area contributed by atoms with Crippen molar-refractivity contribution in [3.05, 3.63) is 16.1 Å². The normalized spacial score (nSPS) is 32.7. The van der Waals surface area contributed by atoms with Crippen molar-refractivity contribution in [2.24, 2.45) is 10.8 Å². The molecule has 116 valence electrons. The van der Waals surface area contributed by atoms with Gasteiger partial charge in [0, 0.05) is 31.6 Å². The summed E-state index contributed by atoms with van der Waals surface area (Å²) in [4.78, 5) is 43.0. The fourth-order valence-corrected chi connectivity index (χ4v) is 4.55. The van der Waals surface area contributed by atoms with Gasteiger partial charge in [0.1, 0.15) is 10.8 Å². The lowest BCUT2D eigenvalue weighted by Gasteiger charge is -2.23. The smallest absolute Gasteiger partial charge is 0.231 e. The average Bonchev–Trinajstić information content (AvgIpc) is 3.15. The van der Waals surface area contributed by atoms with Crippen LogP contribution in [0.25, 0.3) is 0 Å². The Morgan fingerprint density at radius 1 is 1.27 bits per heavy atom. The molecule has 0 aromatic carbocycles. The van der Waals surface area contributed by atoms with Crippen LogP contribution in [0.1, 0.15) is 10.7 Å². The third-order valence-electron chi connectivity index (χ3n) is 5.16. The van der Waals surface area contributed by atoms with Crippen LogP contribution in [0.2, 0.25) is 0 Å². The molecule has 0 bridgehead atoms. The minimum atomic E-state index is -0.794. The van der Waals surface area contributed by atoms with E-state index < -0.39 is 10.8 Å². The molecule has 1 aromatic heterocycles. The first-order valence-corrected chi connectivity index (χ1v) is 8.10. The maximum Gasteiger partial charge on any atom is 0.231 e. The highest BCUT2D eigenvalue weighted by Gasteiger charge is 2.73. The molecule has 2 N–H and O–H groups in total. The molecule has 3 saturated heterocycles. The number of aromatic nitrogens is 1. The van der Waals surface area contributed by atoms with Crippen LogP contribution in [-0.4, -0.2) is 53.8 Å². The van der Waals surface area contributed by atoms with Crippen molar-refractivity contribution in [1.82, 2.24) is 20.5 Å². The van der Waals surface area contributed by atoms with Crippen LogP contribution < -0.4 is 10.6 Å². The summed E-state index contributed by atoms with van der Waals surface area (Å²) in [6.45, 7) is 3.14. The zero-order chi connectivity index (χ0) is 15.5. The number of rotatable bonds is 2. The molecule has 0 radical (unpaired) electrons. The second-order valence-electron chi connectivity index (χ2n) is 6.31. The maximum absolute atomic E-state index is 12.5. The summed E-state index contributed by atoms with van der Waals surface area (Å²) >= 11 is 1.51. The second-order valence-corrected chi connectivity index (χ2v) is 7.38. The first kappa shape index (κ1) is 13.7. The van der Waals surface area contributed by atoms with E-state index in [1.165, 1.54) is 11.3 Å². The molecule has 4 heterocycles. The molecule has 1 aromatic rings. The first-order valence-electron chi connectivity index (χ1n) is 7.22. The topological polar surface area (TPSA) is 91.4 Å². The Kier molecular flexibility index (Phi) is 2.66. The predicted molar refractivity (Wildman–Crippen MR) is 78.0 cm³/mol. The van der Waals surface area contributed by atoms with Gasteiger partial charge in [-0.15, -0.1) is 11.3 Å². The molecule has 7 nitrogen and oxygen atoms in total. The number of hydrogen-bond acceptors (Lipinski definition) is 5. The third kappa shape index (κ3) is 1.55. The molecule has 0 aliphatic carbocycles. The lowest BCUT2D eigenvalue weighted by atomic mass is 9.70. The van der Waals surface area contributed by atoms with Crippen molar-refractivity contribution >= 4 is 29.1 Å². The summed E-state index contributed by atoms with van der Waals surface area (Å²) in [6.07, 6.45) is 0.222. The number of aryl methyl sites for hydroxylation is 1. The van der Waals surface area contributed by atoms with Crippen LogP contribution in [-0.2, 0) is 20.8 Å². The van der Waals surface area contributed by atoms with E-state index in [1.807, 2.05) is 12.3 Å². The summed E-state index contributed by atoms with van der Waals surface area (Å²) in [5.74, 6) is -0.308. The number of carbonyl (C=O) groups is 3. The van der Waals surface area contributed by atoms with Crippen molar-refractivity contribution in [2.75, 3.05) is 26.2 Å². The van der Waals surface area contributed by atoms with E-state index >= 15 is 0 Å². The van der Waals surface area contributed by atoms with E-state index in [1.54, 1.807) is 4.90 Å². The fraction of sp³-hybridized carbons (Fsp3) is 0.571. The molecule has 0 unspecified atom stereocenters. The van der Waals surface area contributed by atoms with Crippen LogP contribution in [0.4, 0.5) is 0 Å². The van der Waals surface area contributed by atoms with Crippen LogP contribution in [0.3, 0.4) is 0 Å². The minimum absolute atomic E-state index is 0.0686. The minimum Gasteiger partial charge on any atom is -0.354 e. The van der Waals surface area contributed by atoms with Crippen LogP contribution in [0.5, 0.6) is 0 Å². The van der Waals surface area contributed by atoms with E-state index in [2.05, 4.69) is 15.6 Å².